The van der Waals surface area contributed by atoms with Crippen LogP contribution in [0.25, 0.3) is 111 Å². The van der Waals surface area contributed by atoms with Gasteiger partial charge in [-0.3, -0.25) is 4.57 Å². The molecule has 12 aromatic rings. The zero-order chi connectivity index (χ0) is 41.4. The summed E-state index contributed by atoms with van der Waals surface area (Å²) in [5.41, 5.74) is 17.7. The molecule has 3 aromatic heterocycles. The van der Waals surface area contributed by atoms with Crippen molar-refractivity contribution in [1.29, 1.82) is 0 Å². The average Bonchev–Trinajstić information content (AvgIpc) is 4.02. The molecule has 294 valence electrons. The lowest BCUT2D eigenvalue weighted by Gasteiger charge is -2.17. The number of rotatable bonds is 6. The highest BCUT2D eigenvalue weighted by atomic mass is 15.2. The second kappa shape index (κ2) is 14.1. The lowest BCUT2D eigenvalue weighted by molar-refractivity contribution is 0.953. The van der Waals surface area contributed by atoms with Crippen molar-refractivity contribution in [2.75, 3.05) is 0 Å². The van der Waals surface area contributed by atoms with Crippen LogP contribution in [-0.2, 0) is 6.42 Å². The molecule has 1 aliphatic rings. The maximum atomic E-state index is 5.22. The fourth-order valence-electron chi connectivity index (χ4n) is 10.1. The van der Waals surface area contributed by atoms with Crippen molar-refractivity contribution < 1.29 is 0 Å². The Morgan fingerprint density at radius 1 is 0.349 bits per heavy atom. The number of aromatic nitrogens is 5. The van der Waals surface area contributed by atoms with E-state index >= 15 is 0 Å². The molecule has 0 fully saturated rings. The highest BCUT2D eigenvalue weighted by Gasteiger charge is 2.28. The quantitative estimate of drug-likeness (QED) is 0.168. The Hall–Kier alpha value is -8.41. The van der Waals surface area contributed by atoms with Crippen molar-refractivity contribution in [3.05, 3.63) is 223 Å². The smallest absolute Gasteiger partial charge is 0.238 e. The largest absolute Gasteiger partial charge is 0.309 e. The summed E-state index contributed by atoms with van der Waals surface area (Å²) in [5.74, 6) is 1.84. The summed E-state index contributed by atoms with van der Waals surface area (Å²) in [7, 11) is 0. The summed E-state index contributed by atoms with van der Waals surface area (Å²) in [5, 5.41) is 4.70. The van der Waals surface area contributed by atoms with E-state index in [1.54, 1.807) is 0 Å². The van der Waals surface area contributed by atoms with Crippen LogP contribution in [0.3, 0.4) is 0 Å². The second-order valence-corrected chi connectivity index (χ2v) is 16.3. The molecule has 0 bridgehead atoms. The average molecular weight is 804 g/mol. The minimum absolute atomic E-state index is 0.580. The molecule has 13 rings (SSSR count). The molecule has 9 aromatic carbocycles. The Bertz CT molecular complexity index is 3680. The molecule has 0 aliphatic heterocycles. The van der Waals surface area contributed by atoms with Gasteiger partial charge in [0.1, 0.15) is 0 Å². The molecule has 0 spiro atoms. The van der Waals surface area contributed by atoms with Crippen LogP contribution in [0.1, 0.15) is 11.1 Å². The van der Waals surface area contributed by atoms with Gasteiger partial charge in [0.05, 0.1) is 22.1 Å². The number of fused-ring (bicyclic) bond motifs is 10. The number of para-hydroxylation sites is 2. The third kappa shape index (κ3) is 5.53. The van der Waals surface area contributed by atoms with Gasteiger partial charge in [-0.05, 0) is 87.3 Å². The third-order valence-electron chi connectivity index (χ3n) is 12.8. The molecule has 0 atom stereocenters. The molecule has 0 saturated carbocycles. The normalized spacial score (nSPS) is 12.1. The van der Waals surface area contributed by atoms with Crippen LogP contribution in [0.5, 0.6) is 0 Å². The van der Waals surface area contributed by atoms with Gasteiger partial charge < -0.3 is 4.57 Å². The Labute approximate surface area is 363 Å². The first kappa shape index (κ1) is 35.4. The van der Waals surface area contributed by atoms with Crippen molar-refractivity contribution in [3.63, 3.8) is 0 Å². The van der Waals surface area contributed by atoms with E-state index in [4.69, 9.17) is 15.0 Å². The van der Waals surface area contributed by atoms with Gasteiger partial charge in [-0.15, -0.1) is 0 Å². The van der Waals surface area contributed by atoms with E-state index in [1.807, 2.05) is 36.4 Å². The van der Waals surface area contributed by atoms with Crippen molar-refractivity contribution in [1.82, 2.24) is 24.1 Å². The Balaban J connectivity index is 1.10. The minimum Gasteiger partial charge on any atom is -0.309 e. The summed E-state index contributed by atoms with van der Waals surface area (Å²) < 4.78 is 4.71. The number of nitrogens with zero attached hydrogens (tertiary/aromatic N) is 5. The third-order valence-corrected chi connectivity index (χ3v) is 12.8. The van der Waals surface area contributed by atoms with E-state index in [0.717, 1.165) is 50.7 Å². The molecule has 0 saturated heterocycles. The van der Waals surface area contributed by atoms with Crippen LogP contribution in [0.15, 0.2) is 212 Å². The van der Waals surface area contributed by atoms with Crippen molar-refractivity contribution in [2.45, 2.75) is 6.42 Å². The Morgan fingerprint density at radius 2 is 0.825 bits per heavy atom. The fraction of sp³-hybridized carbons (Fsp3) is 0.0172. The van der Waals surface area contributed by atoms with E-state index in [0.29, 0.717) is 17.6 Å². The Kier molecular flexibility index (Phi) is 7.90. The van der Waals surface area contributed by atoms with Gasteiger partial charge in [0, 0.05) is 38.4 Å². The van der Waals surface area contributed by atoms with Crippen LogP contribution in [-0.4, -0.2) is 24.1 Å². The zero-order valence-electron chi connectivity index (χ0n) is 34.2. The van der Waals surface area contributed by atoms with Crippen LogP contribution >= 0.6 is 0 Å². The van der Waals surface area contributed by atoms with Crippen molar-refractivity contribution >= 4 is 43.6 Å². The monoisotopic (exact) mass is 803 g/mol. The molecule has 63 heavy (non-hydrogen) atoms. The standard InChI is InChI=1S/C58H37N5/c1-5-18-37(19-6-1)43-29-17-26-41-34-47-46(38-20-7-2-8-21-38)35-42(36-48(47)53(41)43)62-49-30-15-13-27-44(49)54-51(62)32-33-52-55(54)45-28-14-16-31-50(45)63(52)58-60-56(39-22-9-3-10-23-39)59-57(61-58)40-24-11-4-12-25-40/h1-33,35-36H,34H2. The van der Waals surface area contributed by atoms with E-state index in [9.17, 15) is 0 Å². The molecule has 3 heterocycles. The maximum Gasteiger partial charge on any atom is 0.238 e. The predicted molar refractivity (Wildman–Crippen MR) is 258 cm³/mol. The van der Waals surface area contributed by atoms with Gasteiger partial charge in [0.15, 0.2) is 11.6 Å². The maximum absolute atomic E-state index is 5.22. The molecule has 0 amide bonds. The fourth-order valence-corrected chi connectivity index (χ4v) is 10.1. The first-order chi connectivity index (χ1) is 31.3. The summed E-state index contributed by atoms with van der Waals surface area (Å²) in [4.78, 5) is 15.5. The first-order valence-corrected chi connectivity index (χ1v) is 21.5. The van der Waals surface area contributed by atoms with Gasteiger partial charge in [0.2, 0.25) is 5.95 Å². The molecule has 0 radical (unpaired) electrons. The lowest BCUT2D eigenvalue weighted by atomic mass is 9.92. The number of benzene rings is 9. The summed E-state index contributed by atoms with van der Waals surface area (Å²) in [6, 6.07) is 75.8. The van der Waals surface area contributed by atoms with E-state index in [2.05, 4.69) is 185 Å². The zero-order valence-corrected chi connectivity index (χ0v) is 34.2. The summed E-state index contributed by atoms with van der Waals surface area (Å²) in [6.45, 7) is 0. The summed E-state index contributed by atoms with van der Waals surface area (Å²) >= 11 is 0. The molecular formula is C58H37N5. The van der Waals surface area contributed by atoms with Gasteiger partial charge in [-0.25, -0.2) is 4.98 Å². The van der Waals surface area contributed by atoms with E-state index in [-0.39, 0.29) is 0 Å². The van der Waals surface area contributed by atoms with E-state index < -0.39 is 0 Å². The van der Waals surface area contributed by atoms with Gasteiger partial charge >= 0.3 is 0 Å². The molecule has 0 unspecified atom stereocenters. The van der Waals surface area contributed by atoms with Crippen molar-refractivity contribution in [3.8, 4) is 67.8 Å². The van der Waals surface area contributed by atoms with Crippen molar-refractivity contribution in [2.24, 2.45) is 0 Å². The predicted octanol–water partition coefficient (Wildman–Crippen LogP) is 14.3. The Morgan fingerprint density at radius 3 is 1.41 bits per heavy atom. The minimum atomic E-state index is 0.580. The van der Waals surface area contributed by atoms with Gasteiger partial charge in [-0.1, -0.05) is 176 Å². The highest BCUT2D eigenvalue weighted by Crippen LogP contribution is 2.49. The van der Waals surface area contributed by atoms with E-state index in [1.165, 1.54) is 60.7 Å². The van der Waals surface area contributed by atoms with Gasteiger partial charge in [-0.2, -0.15) is 9.97 Å². The molecule has 5 heteroatoms. The molecule has 0 N–H and O–H groups in total. The number of hydrogen-bond acceptors (Lipinski definition) is 3. The second-order valence-electron chi connectivity index (χ2n) is 16.3. The molecule has 5 nitrogen and oxygen atoms in total. The highest BCUT2D eigenvalue weighted by molar-refractivity contribution is 6.29. The first-order valence-electron chi connectivity index (χ1n) is 21.5. The van der Waals surface area contributed by atoms with Crippen LogP contribution < -0.4 is 0 Å². The van der Waals surface area contributed by atoms with Crippen LogP contribution in [0, 0.1) is 0 Å². The summed E-state index contributed by atoms with van der Waals surface area (Å²) in [6.07, 6.45) is 0.887. The number of hydrogen-bond donors (Lipinski definition) is 0. The lowest BCUT2D eigenvalue weighted by Crippen LogP contribution is -2.06. The molecular weight excluding hydrogens is 767 g/mol. The topological polar surface area (TPSA) is 48.5 Å². The molecule has 1 aliphatic carbocycles. The van der Waals surface area contributed by atoms with Crippen LogP contribution in [0.4, 0.5) is 0 Å². The van der Waals surface area contributed by atoms with Crippen LogP contribution in [0.2, 0.25) is 0 Å². The SMILES string of the molecule is c1ccc(-c2nc(-c3ccccc3)nc(-n3c4ccccc4c4c5c6ccccc6n(-c6cc(-c7ccccc7)c7c(c6)-c6c(cccc6-c6ccccc6)C7)c5ccc43)n2)cc1. The van der Waals surface area contributed by atoms with Gasteiger partial charge in [0.25, 0.3) is 0 Å².